The molecule has 0 radical (unpaired) electrons. The number of rotatable bonds is 7. The highest BCUT2D eigenvalue weighted by Gasteiger charge is 2.06. The summed E-state index contributed by atoms with van der Waals surface area (Å²) in [5.41, 5.74) is 0.976. The summed E-state index contributed by atoms with van der Waals surface area (Å²) in [6, 6.07) is 5.85. The summed E-state index contributed by atoms with van der Waals surface area (Å²) in [6.07, 6.45) is 1.13. The van der Waals surface area contributed by atoms with Gasteiger partial charge in [0.25, 0.3) is 0 Å². The van der Waals surface area contributed by atoms with Crippen LogP contribution in [0.2, 0.25) is 5.02 Å². The Morgan fingerprint density at radius 1 is 1.32 bits per heavy atom. The molecule has 1 aromatic heterocycles. The van der Waals surface area contributed by atoms with Crippen molar-refractivity contribution in [3.05, 3.63) is 23.2 Å². The Hall–Kier alpha value is -0.840. The van der Waals surface area contributed by atoms with E-state index in [0.717, 1.165) is 53.0 Å². The summed E-state index contributed by atoms with van der Waals surface area (Å²) in [5, 5.41) is 5.13. The molecule has 2 rings (SSSR count). The molecule has 0 spiro atoms. The van der Waals surface area contributed by atoms with Gasteiger partial charge in [-0.15, -0.1) is 0 Å². The lowest BCUT2D eigenvalue weighted by molar-refractivity contribution is 0.303. The molecule has 0 aliphatic heterocycles. The van der Waals surface area contributed by atoms with Crippen molar-refractivity contribution in [1.82, 2.24) is 9.88 Å². The number of anilines is 1. The van der Waals surface area contributed by atoms with Gasteiger partial charge in [-0.1, -0.05) is 42.9 Å². The average molecular weight is 298 g/mol. The number of nitrogens with one attached hydrogen (secondary N) is 1. The number of aromatic nitrogens is 1. The van der Waals surface area contributed by atoms with E-state index in [4.69, 9.17) is 11.6 Å². The average Bonchev–Trinajstić information content (AvgIpc) is 2.83. The highest BCUT2D eigenvalue weighted by Crippen LogP contribution is 2.31. The molecule has 1 aromatic carbocycles. The number of hydrogen-bond acceptors (Lipinski definition) is 4. The van der Waals surface area contributed by atoms with Crippen LogP contribution in [0.15, 0.2) is 18.2 Å². The molecule has 0 atom stereocenters. The first-order valence-corrected chi connectivity index (χ1v) is 7.95. The predicted molar refractivity (Wildman–Crippen MR) is 85.5 cm³/mol. The van der Waals surface area contributed by atoms with Crippen molar-refractivity contribution in [2.75, 3.05) is 31.5 Å². The van der Waals surface area contributed by atoms with Gasteiger partial charge in [0.2, 0.25) is 0 Å². The molecule has 104 valence electrons. The first-order chi connectivity index (χ1) is 9.24. The number of fused-ring (bicyclic) bond motifs is 1. The zero-order valence-corrected chi connectivity index (χ0v) is 13.0. The summed E-state index contributed by atoms with van der Waals surface area (Å²) in [7, 11) is 0. The maximum Gasteiger partial charge on any atom is 0.183 e. The minimum absolute atomic E-state index is 0.784. The molecule has 0 bridgehead atoms. The first kappa shape index (κ1) is 14.6. The maximum atomic E-state index is 6.15. The van der Waals surface area contributed by atoms with Gasteiger partial charge in [0.15, 0.2) is 5.13 Å². The molecule has 0 fully saturated rings. The molecule has 1 heterocycles. The molecule has 5 heteroatoms. The van der Waals surface area contributed by atoms with E-state index in [2.05, 4.69) is 29.0 Å². The van der Waals surface area contributed by atoms with Crippen LogP contribution in [0.5, 0.6) is 0 Å². The quantitative estimate of drug-likeness (QED) is 0.780. The van der Waals surface area contributed by atoms with Crippen LogP contribution in [-0.4, -0.2) is 36.1 Å². The maximum absolute atomic E-state index is 6.15. The third-order valence-corrected chi connectivity index (χ3v) is 4.68. The van der Waals surface area contributed by atoms with Crippen molar-refractivity contribution in [3.63, 3.8) is 0 Å². The third-order valence-electron chi connectivity index (χ3n) is 3.19. The van der Waals surface area contributed by atoms with Gasteiger partial charge in [-0.3, -0.25) is 0 Å². The summed E-state index contributed by atoms with van der Waals surface area (Å²) in [5.74, 6) is 0. The van der Waals surface area contributed by atoms with E-state index in [0.29, 0.717) is 0 Å². The van der Waals surface area contributed by atoms with Crippen LogP contribution < -0.4 is 5.32 Å². The summed E-state index contributed by atoms with van der Waals surface area (Å²) in [6.45, 7) is 8.72. The van der Waals surface area contributed by atoms with Crippen LogP contribution in [0.25, 0.3) is 10.2 Å². The van der Waals surface area contributed by atoms with Crippen molar-refractivity contribution in [2.24, 2.45) is 0 Å². The topological polar surface area (TPSA) is 28.2 Å². The molecular weight excluding hydrogens is 278 g/mol. The molecule has 19 heavy (non-hydrogen) atoms. The van der Waals surface area contributed by atoms with E-state index >= 15 is 0 Å². The fourth-order valence-corrected chi connectivity index (χ4v) is 3.21. The fraction of sp³-hybridized carbons (Fsp3) is 0.500. The van der Waals surface area contributed by atoms with Crippen LogP contribution in [0.4, 0.5) is 5.13 Å². The van der Waals surface area contributed by atoms with Crippen molar-refractivity contribution >= 4 is 38.3 Å². The zero-order valence-electron chi connectivity index (χ0n) is 11.4. The van der Waals surface area contributed by atoms with Crippen LogP contribution in [0.3, 0.4) is 0 Å². The van der Waals surface area contributed by atoms with Crippen LogP contribution in [0, 0.1) is 0 Å². The van der Waals surface area contributed by atoms with Gasteiger partial charge in [-0.05, 0) is 38.2 Å². The van der Waals surface area contributed by atoms with Gasteiger partial charge in [0.05, 0.1) is 15.2 Å². The van der Waals surface area contributed by atoms with E-state index < -0.39 is 0 Å². The molecule has 3 nitrogen and oxygen atoms in total. The Labute approximate surface area is 123 Å². The fourth-order valence-electron chi connectivity index (χ4n) is 2.03. The van der Waals surface area contributed by atoms with Crippen LogP contribution in [0.1, 0.15) is 20.3 Å². The lowest BCUT2D eigenvalue weighted by Gasteiger charge is -2.17. The largest absolute Gasteiger partial charge is 0.361 e. The van der Waals surface area contributed by atoms with Crippen molar-refractivity contribution in [1.29, 1.82) is 0 Å². The van der Waals surface area contributed by atoms with E-state index in [1.165, 1.54) is 0 Å². The predicted octanol–water partition coefficient (Wildman–Crippen LogP) is 4.09. The second kappa shape index (κ2) is 7.08. The molecule has 0 aliphatic carbocycles. The lowest BCUT2D eigenvalue weighted by Crippen LogP contribution is -2.25. The highest BCUT2D eigenvalue weighted by atomic mass is 35.5. The Morgan fingerprint density at radius 3 is 2.79 bits per heavy atom. The van der Waals surface area contributed by atoms with E-state index in [1.807, 2.05) is 18.2 Å². The number of hydrogen-bond donors (Lipinski definition) is 1. The molecule has 0 saturated heterocycles. The van der Waals surface area contributed by atoms with Crippen molar-refractivity contribution in [2.45, 2.75) is 20.3 Å². The standard InChI is InChI=1S/C14H20ClN3S/c1-3-18(4-2)10-6-9-16-14-17-12-8-5-7-11(15)13(12)19-14/h5,7-8H,3-4,6,9-10H2,1-2H3,(H,16,17). The third kappa shape index (κ3) is 3.81. The second-order valence-corrected chi connectivity index (χ2v) is 5.82. The minimum Gasteiger partial charge on any atom is -0.361 e. The Balaban J connectivity index is 1.86. The van der Waals surface area contributed by atoms with Crippen LogP contribution >= 0.6 is 22.9 Å². The van der Waals surface area contributed by atoms with Crippen molar-refractivity contribution in [3.8, 4) is 0 Å². The minimum atomic E-state index is 0.784. The summed E-state index contributed by atoms with van der Waals surface area (Å²) in [4.78, 5) is 6.97. The number of benzene rings is 1. The first-order valence-electron chi connectivity index (χ1n) is 6.75. The van der Waals surface area contributed by atoms with E-state index in [1.54, 1.807) is 11.3 Å². The number of nitrogens with zero attached hydrogens (tertiary/aromatic N) is 2. The molecule has 0 aliphatic rings. The molecule has 0 saturated carbocycles. The smallest absolute Gasteiger partial charge is 0.183 e. The van der Waals surface area contributed by atoms with Crippen molar-refractivity contribution < 1.29 is 0 Å². The van der Waals surface area contributed by atoms with E-state index in [9.17, 15) is 0 Å². The zero-order chi connectivity index (χ0) is 13.7. The Morgan fingerprint density at radius 2 is 2.11 bits per heavy atom. The normalized spacial score (nSPS) is 11.4. The highest BCUT2D eigenvalue weighted by molar-refractivity contribution is 7.22. The molecule has 0 unspecified atom stereocenters. The molecule has 0 amide bonds. The molecular formula is C14H20ClN3S. The number of thiazole rings is 1. The summed E-state index contributed by atoms with van der Waals surface area (Å²) < 4.78 is 1.07. The SMILES string of the molecule is CCN(CC)CCCNc1nc2cccc(Cl)c2s1. The number of halogens is 1. The lowest BCUT2D eigenvalue weighted by atomic mass is 10.3. The van der Waals surface area contributed by atoms with Gasteiger partial charge in [0, 0.05) is 6.54 Å². The van der Waals surface area contributed by atoms with Gasteiger partial charge in [-0.25, -0.2) is 4.98 Å². The molecule has 2 aromatic rings. The summed E-state index contributed by atoms with van der Waals surface area (Å²) >= 11 is 7.77. The van der Waals surface area contributed by atoms with E-state index in [-0.39, 0.29) is 0 Å². The monoisotopic (exact) mass is 297 g/mol. The Bertz CT molecular complexity index is 522. The Kier molecular flexibility index (Phi) is 5.43. The van der Waals surface area contributed by atoms with Gasteiger partial charge in [-0.2, -0.15) is 0 Å². The molecule has 1 N–H and O–H groups in total. The van der Waals surface area contributed by atoms with Crippen LogP contribution in [-0.2, 0) is 0 Å². The van der Waals surface area contributed by atoms with Gasteiger partial charge < -0.3 is 10.2 Å². The van der Waals surface area contributed by atoms with Gasteiger partial charge >= 0.3 is 0 Å². The second-order valence-electron chi connectivity index (χ2n) is 4.41. The van der Waals surface area contributed by atoms with Gasteiger partial charge in [0.1, 0.15) is 0 Å².